The van der Waals surface area contributed by atoms with Crippen molar-refractivity contribution in [3.63, 3.8) is 0 Å². The fourth-order valence-corrected chi connectivity index (χ4v) is 2.51. The maximum Gasteiger partial charge on any atom is 0.146 e. The van der Waals surface area contributed by atoms with Crippen LogP contribution in [0.15, 0.2) is 18.2 Å². The Kier molecular flexibility index (Phi) is 6.50. The molecule has 2 nitrogen and oxygen atoms in total. The van der Waals surface area contributed by atoms with Gasteiger partial charge in [0.05, 0.1) is 5.69 Å². The summed E-state index contributed by atoms with van der Waals surface area (Å²) in [5.74, 6) is 0.857. The predicted octanol–water partition coefficient (Wildman–Crippen LogP) is 3.12. The minimum Gasteiger partial charge on any atom is -0.369 e. The van der Waals surface area contributed by atoms with E-state index in [1.807, 2.05) is 31.0 Å². The van der Waals surface area contributed by atoms with E-state index in [1.165, 1.54) is 0 Å². The van der Waals surface area contributed by atoms with Crippen molar-refractivity contribution < 1.29 is 4.39 Å². The molecule has 102 valence electrons. The summed E-state index contributed by atoms with van der Waals surface area (Å²) in [5.41, 5.74) is 1.67. The average Bonchev–Trinajstić information content (AvgIpc) is 2.36. The highest BCUT2D eigenvalue weighted by atomic mass is 32.2. The normalized spacial score (nSPS) is 12.5. The Morgan fingerprint density at radius 1 is 1.44 bits per heavy atom. The molecule has 0 aromatic heterocycles. The van der Waals surface area contributed by atoms with Crippen molar-refractivity contribution in [2.45, 2.75) is 26.4 Å². The second kappa shape index (κ2) is 7.64. The van der Waals surface area contributed by atoms with Crippen molar-refractivity contribution >= 4 is 17.4 Å². The van der Waals surface area contributed by atoms with Crippen LogP contribution in [0.4, 0.5) is 10.1 Å². The second-order valence-corrected chi connectivity index (χ2v) is 5.39. The molecule has 18 heavy (non-hydrogen) atoms. The molecule has 1 atom stereocenters. The molecule has 1 aromatic carbocycles. The molecule has 0 saturated carbocycles. The first-order chi connectivity index (χ1) is 8.60. The van der Waals surface area contributed by atoms with Gasteiger partial charge in [0.1, 0.15) is 5.82 Å². The number of benzene rings is 1. The highest BCUT2D eigenvalue weighted by Gasteiger charge is 2.13. The molecule has 0 bridgehead atoms. The molecule has 0 fully saturated rings. The van der Waals surface area contributed by atoms with Crippen LogP contribution in [0.3, 0.4) is 0 Å². The van der Waals surface area contributed by atoms with E-state index in [0.29, 0.717) is 11.7 Å². The molecular weight excluding hydrogens is 247 g/mol. The maximum absolute atomic E-state index is 14.1. The molecule has 0 heterocycles. The third-order valence-corrected chi connectivity index (χ3v) is 3.86. The van der Waals surface area contributed by atoms with E-state index < -0.39 is 0 Å². The molecule has 0 spiro atoms. The van der Waals surface area contributed by atoms with Crippen molar-refractivity contribution in [2.24, 2.45) is 0 Å². The number of hydrogen-bond acceptors (Lipinski definition) is 3. The lowest BCUT2D eigenvalue weighted by molar-refractivity contribution is 0.609. The van der Waals surface area contributed by atoms with Crippen molar-refractivity contribution in [3.05, 3.63) is 29.6 Å². The Labute approximate surface area is 114 Å². The third kappa shape index (κ3) is 4.18. The molecule has 0 aliphatic carbocycles. The van der Waals surface area contributed by atoms with Gasteiger partial charge in [-0.1, -0.05) is 13.0 Å². The largest absolute Gasteiger partial charge is 0.369 e. The molecular formula is C14H23FN2S. The zero-order valence-corrected chi connectivity index (χ0v) is 12.5. The summed E-state index contributed by atoms with van der Waals surface area (Å²) in [4.78, 5) is 2.00. The molecule has 0 radical (unpaired) electrons. The number of halogens is 1. The Morgan fingerprint density at radius 2 is 2.17 bits per heavy atom. The number of thioether (sulfide) groups is 1. The number of anilines is 1. The molecule has 0 aliphatic rings. The van der Waals surface area contributed by atoms with Gasteiger partial charge in [0.2, 0.25) is 0 Å². The van der Waals surface area contributed by atoms with Crippen LogP contribution < -0.4 is 10.2 Å². The van der Waals surface area contributed by atoms with E-state index in [9.17, 15) is 4.39 Å². The van der Waals surface area contributed by atoms with Gasteiger partial charge in [-0.15, -0.1) is 0 Å². The van der Waals surface area contributed by atoms with Crippen LogP contribution in [0.2, 0.25) is 0 Å². The van der Waals surface area contributed by atoms with Crippen LogP contribution in [0.1, 0.15) is 19.4 Å². The van der Waals surface area contributed by atoms with Crippen LogP contribution in [0, 0.1) is 5.82 Å². The van der Waals surface area contributed by atoms with Crippen LogP contribution >= 0.6 is 11.8 Å². The van der Waals surface area contributed by atoms with E-state index in [1.54, 1.807) is 17.8 Å². The van der Waals surface area contributed by atoms with Gasteiger partial charge in [0.25, 0.3) is 0 Å². The first-order valence-corrected chi connectivity index (χ1v) is 7.70. The SMILES string of the molecule is CCNCc1ccc(N(C)C(C)CSC)c(F)c1. The van der Waals surface area contributed by atoms with E-state index in [2.05, 4.69) is 18.5 Å². The first kappa shape index (κ1) is 15.3. The molecule has 1 unspecified atom stereocenters. The summed E-state index contributed by atoms with van der Waals surface area (Å²) in [5, 5.41) is 3.20. The monoisotopic (exact) mass is 270 g/mol. The van der Waals surface area contributed by atoms with Gasteiger partial charge in [-0.25, -0.2) is 4.39 Å². The van der Waals surface area contributed by atoms with E-state index in [0.717, 1.165) is 24.4 Å². The number of nitrogens with one attached hydrogen (secondary N) is 1. The Balaban J connectivity index is 2.78. The fourth-order valence-electron chi connectivity index (χ4n) is 1.81. The lowest BCUT2D eigenvalue weighted by Crippen LogP contribution is -2.31. The summed E-state index contributed by atoms with van der Waals surface area (Å²) in [7, 11) is 1.95. The quantitative estimate of drug-likeness (QED) is 0.819. The second-order valence-electron chi connectivity index (χ2n) is 4.48. The van der Waals surface area contributed by atoms with Gasteiger partial charge in [0.15, 0.2) is 0 Å². The minimum absolute atomic E-state index is 0.138. The van der Waals surface area contributed by atoms with Gasteiger partial charge < -0.3 is 10.2 Å². The summed E-state index contributed by atoms with van der Waals surface area (Å²) in [6.45, 7) is 5.77. The zero-order valence-electron chi connectivity index (χ0n) is 11.7. The molecule has 4 heteroatoms. The van der Waals surface area contributed by atoms with Crippen LogP contribution in [-0.4, -0.2) is 31.6 Å². The van der Waals surface area contributed by atoms with Gasteiger partial charge >= 0.3 is 0 Å². The molecule has 0 aliphatic heterocycles. The first-order valence-electron chi connectivity index (χ1n) is 6.31. The summed E-state index contributed by atoms with van der Waals surface area (Å²) in [6.07, 6.45) is 2.07. The smallest absolute Gasteiger partial charge is 0.146 e. The summed E-state index contributed by atoms with van der Waals surface area (Å²) >= 11 is 1.78. The third-order valence-electron chi connectivity index (χ3n) is 3.04. The summed E-state index contributed by atoms with van der Waals surface area (Å²) in [6, 6.07) is 5.82. The molecule has 1 rings (SSSR count). The fraction of sp³-hybridized carbons (Fsp3) is 0.571. The molecule has 0 saturated heterocycles. The standard InChI is InChI=1S/C14H23FN2S/c1-5-16-9-12-6-7-14(13(15)8-12)17(3)11(2)10-18-4/h6-8,11,16H,5,9-10H2,1-4H3. The number of hydrogen-bond donors (Lipinski definition) is 1. The highest BCUT2D eigenvalue weighted by molar-refractivity contribution is 7.98. The number of rotatable bonds is 7. The van der Waals surface area contributed by atoms with E-state index in [4.69, 9.17) is 0 Å². The van der Waals surface area contributed by atoms with Crippen molar-refractivity contribution in [1.29, 1.82) is 0 Å². The van der Waals surface area contributed by atoms with Crippen LogP contribution in [0.5, 0.6) is 0 Å². The lowest BCUT2D eigenvalue weighted by atomic mass is 10.1. The van der Waals surface area contributed by atoms with Crippen molar-refractivity contribution in [2.75, 3.05) is 30.5 Å². The topological polar surface area (TPSA) is 15.3 Å². The maximum atomic E-state index is 14.1. The van der Waals surface area contributed by atoms with Gasteiger partial charge in [-0.3, -0.25) is 0 Å². The van der Waals surface area contributed by atoms with Crippen molar-refractivity contribution in [3.8, 4) is 0 Å². The van der Waals surface area contributed by atoms with Crippen LogP contribution in [-0.2, 0) is 6.54 Å². The van der Waals surface area contributed by atoms with Gasteiger partial charge in [-0.05, 0) is 37.4 Å². The lowest BCUT2D eigenvalue weighted by Gasteiger charge is -2.27. The molecule has 1 aromatic rings. The van der Waals surface area contributed by atoms with E-state index in [-0.39, 0.29) is 5.82 Å². The zero-order chi connectivity index (χ0) is 13.5. The molecule has 1 N–H and O–H groups in total. The van der Waals surface area contributed by atoms with E-state index >= 15 is 0 Å². The summed E-state index contributed by atoms with van der Waals surface area (Å²) < 4.78 is 14.1. The molecule has 0 amide bonds. The highest BCUT2D eigenvalue weighted by Crippen LogP contribution is 2.22. The predicted molar refractivity (Wildman–Crippen MR) is 80.0 cm³/mol. The minimum atomic E-state index is -0.138. The Morgan fingerprint density at radius 3 is 2.72 bits per heavy atom. The Hall–Kier alpha value is -0.740. The van der Waals surface area contributed by atoms with Crippen molar-refractivity contribution in [1.82, 2.24) is 5.32 Å². The van der Waals surface area contributed by atoms with Crippen LogP contribution in [0.25, 0.3) is 0 Å². The average molecular weight is 270 g/mol. The Bertz CT molecular complexity index is 371. The number of nitrogens with zero attached hydrogens (tertiary/aromatic N) is 1. The van der Waals surface area contributed by atoms with Gasteiger partial charge in [0, 0.05) is 25.4 Å². The van der Waals surface area contributed by atoms with Gasteiger partial charge in [-0.2, -0.15) is 11.8 Å².